The number of nitrogens with one attached hydrogen (secondary N) is 2. The van der Waals surface area contributed by atoms with Crippen LogP contribution in [0, 0.1) is 10.1 Å². The standard InChI is InChI=1S/C18H33N7O5/c1-6-30-13-15(23-27)18(4,5)21-9-7-8-20-17(2,3)14(22-26)12-24-11-10-19-16(24)25(28)29/h10-11,20-21,26-27H,6-9,12-13H2,1-5H3. The van der Waals surface area contributed by atoms with Crippen molar-refractivity contribution in [2.75, 3.05) is 26.3 Å². The summed E-state index contributed by atoms with van der Waals surface area (Å²) >= 11 is 0. The Morgan fingerprint density at radius 3 is 2.27 bits per heavy atom. The maximum absolute atomic E-state index is 11.0. The van der Waals surface area contributed by atoms with Gasteiger partial charge in [-0.25, -0.2) is 4.57 Å². The number of oxime groups is 2. The summed E-state index contributed by atoms with van der Waals surface area (Å²) in [7, 11) is 0. The summed E-state index contributed by atoms with van der Waals surface area (Å²) in [6.45, 7) is 11.4. The highest BCUT2D eigenvalue weighted by atomic mass is 16.6. The van der Waals surface area contributed by atoms with E-state index in [4.69, 9.17) is 4.74 Å². The third-order valence-electron chi connectivity index (χ3n) is 4.79. The van der Waals surface area contributed by atoms with Crippen LogP contribution < -0.4 is 10.6 Å². The molecule has 1 heterocycles. The van der Waals surface area contributed by atoms with Crippen molar-refractivity contribution in [1.29, 1.82) is 0 Å². The van der Waals surface area contributed by atoms with E-state index in [2.05, 4.69) is 25.9 Å². The van der Waals surface area contributed by atoms with Crippen LogP contribution in [0.15, 0.2) is 22.7 Å². The molecule has 4 N–H and O–H groups in total. The van der Waals surface area contributed by atoms with Crippen LogP contribution in [0.4, 0.5) is 5.95 Å². The Morgan fingerprint density at radius 1 is 1.20 bits per heavy atom. The topological polar surface area (TPSA) is 159 Å². The lowest BCUT2D eigenvalue weighted by molar-refractivity contribution is -0.396. The quantitative estimate of drug-likeness (QED) is 0.115. The van der Waals surface area contributed by atoms with Gasteiger partial charge in [-0.2, -0.15) is 0 Å². The lowest BCUT2D eigenvalue weighted by Gasteiger charge is -2.29. The molecule has 0 saturated heterocycles. The highest BCUT2D eigenvalue weighted by Gasteiger charge is 2.29. The van der Waals surface area contributed by atoms with Crippen molar-refractivity contribution in [2.45, 2.75) is 58.7 Å². The number of hydrogen-bond acceptors (Lipinski definition) is 10. The summed E-state index contributed by atoms with van der Waals surface area (Å²) < 4.78 is 6.64. The summed E-state index contributed by atoms with van der Waals surface area (Å²) in [6.07, 6.45) is 3.54. The van der Waals surface area contributed by atoms with Crippen LogP contribution in [0.25, 0.3) is 0 Å². The van der Waals surface area contributed by atoms with Crippen LogP contribution in [0.1, 0.15) is 41.0 Å². The zero-order valence-corrected chi connectivity index (χ0v) is 18.3. The zero-order chi connectivity index (χ0) is 22.8. The molecule has 12 nitrogen and oxygen atoms in total. The Kier molecular flexibility index (Phi) is 9.82. The van der Waals surface area contributed by atoms with Gasteiger partial charge in [0.1, 0.15) is 30.4 Å². The van der Waals surface area contributed by atoms with Gasteiger partial charge in [-0.05, 0) is 59.1 Å². The smallest absolute Gasteiger partial charge is 0.411 e. The highest BCUT2D eigenvalue weighted by Crippen LogP contribution is 2.13. The molecule has 0 aliphatic carbocycles. The lowest BCUT2D eigenvalue weighted by Crippen LogP contribution is -2.51. The molecular weight excluding hydrogens is 394 g/mol. The van der Waals surface area contributed by atoms with Gasteiger partial charge in [0.25, 0.3) is 0 Å². The molecule has 0 unspecified atom stereocenters. The molecule has 170 valence electrons. The molecule has 1 aromatic heterocycles. The monoisotopic (exact) mass is 427 g/mol. The fourth-order valence-electron chi connectivity index (χ4n) is 2.74. The van der Waals surface area contributed by atoms with Crippen molar-refractivity contribution in [1.82, 2.24) is 20.2 Å². The van der Waals surface area contributed by atoms with E-state index < -0.39 is 16.0 Å². The van der Waals surface area contributed by atoms with Gasteiger partial charge in [0.05, 0.1) is 17.7 Å². The van der Waals surface area contributed by atoms with Gasteiger partial charge in [0.15, 0.2) is 0 Å². The predicted octanol–water partition coefficient (Wildman–Crippen LogP) is 1.61. The first-order chi connectivity index (χ1) is 14.1. The molecule has 1 rings (SSSR count). The molecule has 0 bridgehead atoms. The van der Waals surface area contributed by atoms with Crippen molar-refractivity contribution >= 4 is 17.4 Å². The van der Waals surface area contributed by atoms with Gasteiger partial charge in [-0.1, -0.05) is 15.3 Å². The molecule has 0 radical (unpaired) electrons. The van der Waals surface area contributed by atoms with E-state index >= 15 is 0 Å². The fraction of sp³-hybridized carbons (Fsp3) is 0.722. The summed E-state index contributed by atoms with van der Waals surface area (Å²) in [4.78, 5) is 14.1. The van der Waals surface area contributed by atoms with Crippen LogP contribution in [0.3, 0.4) is 0 Å². The molecule has 0 fully saturated rings. The minimum atomic E-state index is -0.699. The third-order valence-corrected chi connectivity index (χ3v) is 4.79. The first-order valence-corrected chi connectivity index (χ1v) is 9.75. The SMILES string of the molecule is CCOCC(=NO)C(C)(C)NCCCNC(C)(C)C(Cn1ccnc1[N+](=O)[O-])=NO. The maximum atomic E-state index is 11.0. The summed E-state index contributed by atoms with van der Waals surface area (Å²) in [5.41, 5.74) is -0.385. The van der Waals surface area contributed by atoms with E-state index in [1.54, 1.807) is 0 Å². The number of nitro groups is 1. The average molecular weight is 428 g/mol. The van der Waals surface area contributed by atoms with Crippen molar-refractivity contribution in [3.05, 3.63) is 22.5 Å². The first-order valence-electron chi connectivity index (χ1n) is 9.75. The van der Waals surface area contributed by atoms with E-state index in [1.165, 1.54) is 17.0 Å². The molecule has 0 aliphatic rings. The van der Waals surface area contributed by atoms with Gasteiger partial charge in [0, 0.05) is 6.61 Å². The zero-order valence-electron chi connectivity index (χ0n) is 18.3. The van der Waals surface area contributed by atoms with E-state index in [-0.39, 0.29) is 19.1 Å². The highest BCUT2D eigenvalue weighted by molar-refractivity contribution is 5.93. The predicted molar refractivity (Wildman–Crippen MR) is 113 cm³/mol. The van der Waals surface area contributed by atoms with Crippen molar-refractivity contribution in [3.8, 4) is 0 Å². The van der Waals surface area contributed by atoms with E-state index in [9.17, 15) is 20.5 Å². The van der Waals surface area contributed by atoms with Gasteiger partial charge in [0.2, 0.25) is 0 Å². The van der Waals surface area contributed by atoms with E-state index in [0.717, 1.165) is 6.42 Å². The number of hydrogen-bond donors (Lipinski definition) is 4. The molecule has 0 spiro atoms. The summed E-state index contributed by atoms with van der Waals surface area (Å²) in [5, 5.41) is 43.0. The van der Waals surface area contributed by atoms with Crippen LogP contribution in [-0.2, 0) is 11.3 Å². The van der Waals surface area contributed by atoms with Crippen LogP contribution in [0.5, 0.6) is 0 Å². The van der Waals surface area contributed by atoms with E-state index in [1.807, 2.05) is 34.6 Å². The molecule has 0 aromatic carbocycles. The van der Waals surface area contributed by atoms with Gasteiger partial charge >= 0.3 is 5.95 Å². The molecule has 0 saturated carbocycles. The van der Waals surface area contributed by atoms with Crippen LogP contribution in [-0.4, -0.2) is 73.7 Å². The summed E-state index contributed by atoms with van der Waals surface area (Å²) in [6, 6.07) is 0. The minimum Gasteiger partial charge on any atom is -0.411 e. The number of rotatable bonds is 14. The lowest BCUT2D eigenvalue weighted by atomic mass is 9.97. The Balaban J connectivity index is 2.56. The molecular formula is C18H33N7O5. The number of imidazole rings is 1. The largest absolute Gasteiger partial charge is 0.434 e. The molecule has 0 aliphatic heterocycles. The molecule has 1 aromatic rings. The van der Waals surface area contributed by atoms with Crippen LogP contribution in [0.2, 0.25) is 0 Å². The average Bonchev–Trinajstić information content (AvgIpc) is 3.14. The maximum Gasteiger partial charge on any atom is 0.434 e. The fourth-order valence-corrected chi connectivity index (χ4v) is 2.74. The first kappa shape index (κ1) is 25.5. The van der Waals surface area contributed by atoms with Gasteiger partial charge in [-0.3, -0.25) is 0 Å². The second kappa shape index (κ2) is 11.6. The second-order valence-corrected chi connectivity index (χ2v) is 7.80. The summed E-state index contributed by atoms with van der Waals surface area (Å²) in [5.74, 6) is -0.313. The normalized spacial score (nSPS) is 13.6. The van der Waals surface area contributed by atoms with E-state index in [0.29, 0.717) is 31.1 Å². The Labute approximate surface area is 176 Å². The number of aromatic nitrogens is 2. The van der Waals surface area contributed by atoms with Gasteiger partial charge < -0.3 is 35.9 Å². The minimum absolute atomic E-state index is 0.0336. The second-order valence-electron chi connectivity index (χ2n) is 7.80. The third kappa shape index (κ3) is 7.35. The molecule has 30 heavy (non-hydrogen) atoms. The number of nitrogens with zero attached hydrogens (tertiary/aromatic N) is 5. The number of ether oxygens (including phenoxy) is 1. The Bertz CT molecular complexity index is 743. The molecule has 12 heteroatoms. The Morgan fingerprint density at radius 2 is 1.77 bits per heavy atom. The van der Waals surface area contributed by atoms with Gasteiger partial charge in [-0.15, -0.1) is 0 Å². The van der Waals surface area contributed by atoms with Crippen molar-refractivity contribution < 1.29 is 20.1 Å². The van der Waals surface area contributed by atoms with Crippen molar-refractivity contribution in [3.63, 3.8) is 0 Å². The molecule has 0 amide bonds. The molecule has 0 atom stereocenters. The van der Waals surface area contributed by atoms with Crippen LogP contribution >= 0.6 is 0 Å². The Hall–Kier alpha value is -2.57. The van der Waals surface area contributed by atoms with Crippen molar-refractivity contribution in [2.24, 2.45) is 10.3 Å².